The van der Waals surface area contributed by atoms with Crippen LogP contribution >= 0.6 is 15.9 Å². The summed E-state index contributed by atoms with van der Waals surface area (Å²) in [5.74, 6) is 0. The molecule has 23 heavy (non-hydrogen) atoms. The van der Waals surface area contributed by atoms with Gasteiger partial charge in [0.2, 0.25) is 0 Å². The van der Waals surface area contributed by atoms with Gasteiger partial charge in [-0.1, -0.05) is 41.4 Å². The molecule has 1 amide bonds. The van der Waals surface area contributed by atoms with E-state index in [1.165, 1.54) is 0 Å². The largest absolute Gasteiger partial charge is 0.444 e. The van der Waals surface area contributed by atoms with Gasteiger partial charge in [-0.3, -0.25) is 4.90 Å². The van der Waals surface area contributed by atoms with Crippen molar-refractivity contribution in [2.45, 2.75) is 58.2 Å². The quantitative estimate of drug-likeness (QED) is 0.742. The SMILES string of the molecule is CCC[C@@H]1COC[C@@H](c2ccc(Br)cc2)N1C(=O)OC(C)(C)C. The second-order valence-corrected chi connectivity index (χ2v) is 7.85. The number of hydrogen-bond donors (Lipinski definition) is 0. The summed E-state index contributed by atoms with van der Waals surface area (Å²) in [5, 5.41) is 0. The summed E-state index contributed by atoms with van der Waals surface area (Å²) >= 11 is 3.45. The molecule has 0 radical (unpaired) electrons. The third kappa shape index (κ3) is 4.95. The van der Waals surface area contributed by atoms with Crippen molar-refractivity contribution >= 4 is 22.0 Å². The highest BCUT2D eigenvalue weighted by atomic mass is 79.9. The molecule has 5 heteroatoms. The van der Waals surface area contributed by atoms with E-state index < -0.39 is 5.60 Å². The third-order valence-corrected chi connectivity index (χ3v) is 4.32. The van der Waals surface area contributed by atoms with E-state index in [0.29, 0.717) is 13.2 Å². The minimum Gasteiger partial charge on any atom is -0.444 e. The van der Waals surface area contributed by atoms with Crippen LogP contribution in [-0.2, 0) is 9.47 Å². The molecule has 1 heterocycles. The van der Waals surface area contributed by atoms with Gasteiger partial charge in [0.1, 0.15) is 5.60 Å². The smallest absolute Gasteiger partial charge is 0.411 e. The lowest BCUT2D eigenvalue weighted by molar-refractivity contribution is -0.0638. The maximum atomic E-state index is 12.8. The Kier molecular flexibility index (Phi) is 6.09. The second kappa shape index (κ2) is 7.67. The van der Waals surface area contributed by atoms with Crippen LogP contribution in [0.3, 0.4) is 0 Å². The number of morpholine rings is 1. The minimum atomic E-state index is -0.504. The van der Waals surface area contributed by atoms with Crippen LogP contribution in [0.5, 0.6) is 0 Å². The van der Waals surface area contributed by atoms with Crippen molar-refractivity contribution in [2.24, 2.45) is 0 Å². The zero-order valence-corrected chi connectivity index (χ0v) is 15.9. The molecule has 2 atom stereocenters. The molecule has 1 saturated heterocycles. The molecule has 2 rings (SSSR count). The summed E-state index contributed by atoms with van der Waals surface area (Å²) in [7, 11) is 0. The van der Waals surface area contributed by atoms with Gasteiger partial charge >= 0.3 is 6.09 Å². The fourth-order valence-corrected chi connectivity index (χ4v) is 3.08. The van der Waals surface area contributed by atoms with Crippen LogP contribution in [0.1, 0.15) is 52.1 Å². The fraction of sp³-hybridized carbons (Fsp3) is 0.611. The number of nitrogens with zero attached hydrogens (tertiary/aromatic N) is 1. The van der Waals surface area contributed by atoms with Crippen LogP contribution in [0, 0.1) is 0 Å². The number of ether oxygens (including phenoxy) is 2. The molecule has 128 valence electrons. The maximum absolute atomic E-state index is 12.8. The van der Waals surface area contributed by atoms with Crippen LogP contribution in [0.2, 0.25) is 0 Å². The van der Waals surface area contributed by atoms with E-state index in [-0.39, 0.29) is 18.2 Å². The molecule has 0 spiro atoms. The third-order valence-electron chi connectivity index (χ3n) is 3.80. The predicted octanol–water partition coefficient (Wildman–Crippen LogP) is 4.93. The van der Waals surface area contributed by atoms with E-state index in [2.05, 4.69) is 22.9 Å². The Balaban J connectivity index is 2.29. The maximum Gasteiger partial charge on any atom is 0.411 e. The van der Waals surface area contributed by atoms with Crippen molar-refractivity contribution < 1.29 is 14.3 Å². The Morgan fingerprint density at radius 3 is 2.52 bits per heavy atom. The zero-order chi connectivity index (χ0) is 17.0. The first-order chi connectivity index (χ1) is 10.8. The van der Waals surface area contributed by atoms with Gasteiger partial charge in [0.25, 0.3) is 0 Å². The van der Waals surface area contributed by atoms with Gasteiger partial charge in [0.15, 0.2) is 0 Å². The summed E-state index contributed by atoms with van der Waals surface area (Å²) in [6, 6.07) is 7.99. The van der Waals surface area contributed by atoms with Crippen LogP contribution in [-0.4, -0.2) is 35.8 Å². The molecule has 1 aromatic rings. The first kappa shape index (κ1) is 18.3. The van der Waals surface area contributed by atoms with Crippen molar-refractivity contribution in [3.63, 3.8) is 0 Å². The number of amides is 1. The molecule has 0 aromatic heterocycles. The summed E-state index contributed by atoms with van der Waals surface area (Å²) in [5.41, 5.74) is 0.566. The Labute approximate surface area is 147 Å². The number of halogens is 1. The molecule has 4 nitrogen and oxygen atoms in total. The minimum absolute atomic E-state index is 0.0530. The van der Waals surface area contributed by atoms with E-state index in [9.17, 15) is 4.79 Å². The highest BCUT2D eigenvalue weighted by molar-refractivity contribution is 9.10. The van der Waals surface area contributed by atoms with E-state index >= 15 is 0 Å². The van der Waals surface area contributed by atoms with Gasteiger partial charge in [-0.15, -0.1) is 0 Å². The second-order valence-electron chi connectivity index (χ2n) is 6.93. The van der Waals surface area contributed by atoms with E-state index in [0.717, 1.165) is 22.9 Å². The van der Waals surface area contributed by atoms with Crippen LogP contribution < -0.4 is 0 Å². The van der Waals surface area contributed by atoms with E-state index in [1.54, 1.807) is 0 Å². The summed E-state index contributed by atoms with van der Waals surface area (Å²) < 4.78 is 12.5. The summed E-state index contributed by atoms with van der Waals surface area (Å²) in [6.45, 7) is 8.89. The molecular weight excluding hydrogens is 358 g/mol. The Bertz CT molecular complexity index is 522. The molecule has 1 aliphatic rings. The number of carbonyl (C=O) groups excluding carboxylic acids is 1. The van der Waals surface area contributed by atoms with Crippen molar-refractivity contribution in [2.75, 3.05) is 13.2 Å². The van der Waals surface area contributed by atoms with E-state index in [4.69, 9.17) is 9.47 Å². The van der Waals surface area contributed by atoms with Gasteiger partial charge in [-0.25, -0.2) is 4.79 Å². The topological polar surface area (TPSA) is 38.8 Å². The Morgan fingerprint density at radius 2 is 1.96 bits per heavy atom. The molecule has 1 fully saturated rings. The van der Waals surface area contributed by atoms with Gasteiger partial charge in [0, 0.05) is 4.47 Å². The number of rotatable bonds is 3. The lowest BCUT2D eigenvalue weighted by Crippen LogP contribution is -2.52. The molecule has 1 aliphatic heterocycles. The van der Waals surface area contributed by atoms with Crippen LogP contribution in [0.4, 0.5) is 4.79 Å². The van der Waals surface area contributed by atoms with Gasteiger partial charge in [-0.05, 0) is 44.9 Å². The van der Waals surface area contributed by atoms with Crippen LogP contribution in [0.25, 0.3) is 0 Å². The molecule has 0 aliphatic carbocycles. The molecule has 1 aromatic carbocycles. The van der Waals surface area contributed by atoms with Crippen molar-refractivity contribution in [1.82, 2.24) is 4.90 Å². The predicted molar refractivity (Wildman–Crippen MR) is 94.5 cm³/mol. The number of carbonyl (C=O) groups is 1. The Hall–Kier alpha value is -1.07. The van der Waals surface area contributed by atoms with Crippen molar-refractivity contribution in [1.29, 1.82) is 0 Å². The first-order valence-corrected chi connectivity index (χ1v) is 8.95. The molecule has 0 N–H and O–H groups in total. The number of hydrogen-bond acceptors (Lipinski definition) is 3. The highest BCUT2D eigenvalue weighted by Crippen LogP contribution is 2.31. The monoisotopic (exact) mass is 383 g/mol. The molecule has 0 bridgehead atoms. The van der Waals surface area contributed by atoms with Gasteiger partial charge in [0.05, 0.1) is 25.3 Å². The van der Waals surface area contributed by atoms with Gasteiger partial charge in [-0.2, -0.15) is 0 Å². The van der Waals surface area contributed by atoms with Crippen molar-refractivity contribution in [3.8, 4) is 0 Å². The summed E-state index contributed by atoms with van der Waals surface area (Å²) in [4.78, 5) is 14.7. The lowest BCUT2D eigenvalue weighted by Gasteiger charge is -2.42. The first-order valence-electron chi connectivity index (χ1n) is 8.16. The van der Waals surface area contributed by atoms with Gasteiger partial charge < -0.3 is 9.47 Å². The lowest BCUT2D eigenvalue weighted by atomic mass is 10.0. The standard InChI is InChI=1S/C18H26BrNO3/c1-5-6-15-11-22-12-16(13-7-9-14(19)10-8-13)20(15)17(21)23-18(2,3)4/h7-10,15-16H,5-6,11-12H2,1-4H3/t15-,16+/m1/s1. The number of benzene rings is 1. The van der Waals surface area contributed by atoms with Crippen molar-refractivity contribution in [3.05, 3.63) is 34.3 Å². The Morgan fingerprint density at radius 1 is 1.30 bits per heavy atom. The molecule has 0 saturated carbocycles. The van der Waals surface area contributed by atoms with E-state index in [1.807, 2.05) is 49.9 Å². The average Bonchev–Trinajstić information content (AvgIpc) is 2.46. The normalized spacial score (nSPS) is 22.0. The van der Waals surface area contributed by atoms with Crippen LogP contribution in [0.15, 0.2) is 28.7 Å². The fourth-order valence-electron chi connectivity index (χ4n) is 2.82. The highest BCUT2D eigenvalue weighted by Gasteiger charge is 2.37. The zero-order valence-electron chi connectivity index (χ0n) is 14.3. The summed E-state index contributed by atoms with van der Waals surface area (Å²) in [6.07, 6.45) is 1.65. The average molecular weight is 384 g/mol. The molecule has 0 unspecified atom stereocenters. The molecular formula is C18H26BrNO3.